The third-order valence-electron chi connectivity index (χ3n) is 10.8. The summed E-state index contributed by atoms with van der Waals surface area (Å²) < 4.78 is 0. The number of aromatic nitrogens is 2. The zero-order valence-electron chi connectivity index (χ0n) is 32.4. The molecule has 0 bridgehead atoms. The Morgan fingerprint density at radius 3 is 1.00 bits per heavy atom. The van der Waals surface area contributed by atoms with Crippen LogP contribution in [0.25, 0.3) is 78.1 Å². The van der Waals surface area contributed by atoms with E-state index in [1.165, 1.54) is 27.8 Å². The molecule has 0 fully saturated rings. The summed E-state index contributed by atoms with van der Waals surface area (Å²) in [5.41, 5.74) is 18.0. The van der Waals surface area contributed by atoms with Crippen molar-refractivity contribution in [2.45, 2.75) is 0 Å². The van der Waals surface area contributed by atoms with Crippen LogP contribution in [0.1, 0.15) is 0 Å². The lowest BCUT2D eigenvalue weighted by Gasteiger charge is -2.27. The quantitative estimate of drug-likeness (QED) is 0.147. The lowest BCUT2D eigenvalue weighted by atomic mass is 9.96. The van der Waals surface area contributed by atoms with Crippen LogP contribution < -0.4 is 4.90 Å². The minimum Gasteiger partial charge on any atom is -0.310 e. The highest BCUT2D eigenvalue weighted by Gasteiger charge is 2.18. The molecule has 0 N–H and O–H groups in total. The molecule has 0 radical (unpaired) electrons. The Balaban J connectivity index is 1.11. The number of para-hydroxylation sites is 2. The van der Waals surface area contributed by atoms with Gasteiger partial charge in [0.25, 0.3) is 0 Å². The van der Waals surface area contributed by atoms with E-state index in [9.17, 15) is 0 Å². The Morgan fingerprint density at radius 2 is 0.542 bits per heavy atom. The molecular formula is C56H39N3. The topological polar surface area (TPSA) is 29.0 Å². The number of nitrogens with zero attached hydrogens (tertiary/aromatic N) is 3. The Bertz CT molecular complexity index is 2940. The van der Waals surface area contributed by atoms with Gasteiger partial charge in [0.15, 0.2) is 0 Å². The molecule has 10 rings (SSSR count). The molecule has 278 valence electrons. The van der Waals surface area contributed by atoms with Crippen LogP contribution >= 0.6 is 0 Å². The van der Waals surface area contributed by atoms with Crippen LogP contribution in [0.4, 0.5) is 17.1 Å². The molecule has 0 spiro atoms. The fourth-order valence-electron chi connectivity index (χ4n) is 7.86. The van der Waals surface area contributed by atoms with Gasteiger partial charge in [0.2, 0.25) is 0 Å². The average Bonchev–Trinajstić information content (AvgIpc) is 3.33. The van der Waals surface area contributed by atoms with Crippen LogP contribution in [0, 0.1) is 0 Å². The van der Waals surface area contributed by atoms with Gasteiger partial charge < -0.3 is 4.90 Å². The molecule has 10 aromatic rings. The zero-order chi connectivity index (χ0) is 39.4. The Kier molecular flexibility index (Phi) is 9.59. The maximum absolute atomic E-state index is 5.19. The normalized spacial score (nSPS) is 11.1. The molecule has 3 nitrogen and oxygen atoms in total. The van der Waals surface area contributed by atoms with Gasteiger partial charge in [-0.3, -0.25) is 0 Å². The van der Waals surface area contributed by atoms with E-state index in [-0.39, 0.29) is 0 Å². The van der Waals surface area contributed by atoms with E-state index in [4.69, 9.17) is 9.97 Å². The SMILES string of the molecule is c1ccc(-c2cccc(-c3ccc(N(c4ccc(-c5nc6ccccc6nc5-c5ccccc5)cc4)c4cc(-c5ccccc5)cc(-c5ccccc5)c4)cc3)c2)cc1. The summed E-state index contributed by atoms with van der Waals surface area (Å²) in [7, 11) is 0. The third kappa shape index (κ3) is 7.41. The molecule has 1 heterocycles. The second-order valence-electron chi connectivity index (χ2n) is 14.7. The predicted octanol–water partition coefficient (Wildman–Crippen LogP) is 15.1. The van der Waals surface area contributed by atoms with Crippen LogP contribution in [0.3, 0.4) is 0 Å². The molecule has 0 unspecified atom stereocenters. The number of fused-ring (bicyclic) bond motifs is 1. The van der Waals surface area contributed by atoms with Gasteiger partial charge in [0.05, 0.1) is 22.4 Å². The van der Waals surface area contributed by atoms with Gasteiger partial charge in [-0.25, -0.2) is 9.97 Å². The van der Waals surface area contributed by atoms with Crippen molar-refractivity contribution in [2.24, 2.45) is 0 Å². The third-order valence-corrected chi connectivity index (χ3v) is 10.8. The summed E-state index contributed by atoms with van der Waals surface area (Å²) in [6.07, 6.45) is 0. The van der Waals surface area contributed by atoms with Crippen molar-refractivity contribution in [1.82, 2.24) is 9.97 Å². The highest BCUT2D eigenvalue weighted by atomic mass is 15.1. The van der Waals surface area contributed by atoms with Crippen molar-refractivity contribution < 1.29 is 0 Å². The molecule has 0 saturated heterocycles. The van der Waals surface area contributed by atoms with Gasteiger partial charge in [-0.2, -0.15) is 0 Å². The average molecular weight is 754 g/mol. The number of hydrogen-bond acceptors (Lipinski definition) is 3. The summed E-state index contributed by atoms with van der Waals surface area (Å²) in [6, 6.07) is 83.6. The smallest absolute Gasteiger partial charge is 0.0973 e. The summed E-state index contributed by atoms with van der Waals surface area (Å²) in [5, 5.41) is 0. The molecule has 0 aliphatic heterocycles. The largest absolute Gasteiger partial charge is 0.310 e. The van der Waals surface area contributed by atoms with Crippen molar-refractivity contribution in [2.75, 3.05) is 4.90 Å². The maximum atomic E-state index is 5.19. The standard InChI is InChI=1S/C56H39N3/c1-5-16-40(17-6-1)46-24-15-25-47(36-46)43-28-32-50(33-29-43)59(52-38-48(41-18-7-2-8-19-41)37-49(39-52)42-20-9-3-10-21-42)51-34-30-45(31-35-51)56-55(44-22-11-4-12-23-44)57-53-26-13-14-27-54(53)58-56/h1-39H. The van der Waals surface area contributed by atoms with E-state index in [0.29, 0.717) is 0 Å². The van der Waals surface area contributed by atoms with Crippen LogP contribution in [0.2, 0.25) is 0 Å². The minimum absolute atomic E-state index is 0.854. The highest BCUT2D eigenvalue weighted by molar-refractivity contribution is 5.89. The molecule has 59 heavy (non-hydrogen) atoms. The maximum Gasteiger partial charge on any atom is 0.0973 e. The van der Waals surface area contributed by atoms with Crippen molar-refractivity contribution in [1.29, 1.82) is 0 Å². The summed E-state index contributed by atoms with van der Waals surface area (Å²) in [6.45, 7) is 0. The lowest BCUT2D eigenvalue weighted by Crippen LogP contribution is -2.10. The van der Waals surface area contributed by atoms with Gasteiger partial charge in [-0.15, -0.1) is 0 Å². The van der Waals surface area contributed by atoms with Crippen LogP contribution in [0.5, 0.6) is 0 Å². The number of hydrogen-bond donors (Lipinski definition) is 0. The molecule has 3 heteroatoms. The van der Waals surface area contributed by atoms with Crippen molar-refractivity contribution in [3.8, 4) is 67.0 Å². The molecule has 0 atom stereocenters. The number of anilines is 3. The Hall–Kier alpha value is -7.88. The first-order valence-electron chi connectivity index (χ1n) is 20.0. The van der Waals surface area contributed by atoms with E-state index in [2.05, 4.69) is 211 Å². The highest BCUT2D eigenvalue weighted by Crippen LogP contribution is 2.41. The summed E-state index contributed by atoms with van der Waals surface area (Å²) in [4.78, 5) is 12.7. The monoisotopic (exact) mass is 753 g/mol. The van der Waals surface area contributed by atoms with Gasteiger partial charge in [-0.1, -0.05) is 176 Å². The van der Waals surface area contributed by atoms with E-state index in [0.717, 1.165) is 67.3 Å². The first kappa shape index (κ1) is 35.5. The fourth-order valence-corrected chi connectivity index (χ4v) is 7.86. The molecule has 9 aromatic carbocycles. The lowest BCUT2D eigenvalue weighted by molar-refractivity contribution is 1.27. The van der Waals surface area contributed by atoms with Crippen molar-refractivity contribution in [3.63, 3.8) is 0 Å². The van der Waals surface area contributed by atoms with E-state index in [1.54, 1.807) is 0 Å². The van der Waals surface area contributed by atoms with E-state index < -0.39 is 0 Å². The van der Waals surface area contributed by atoms with Crippen LogP contribution in [-0.4, -0.2) is 9.97 Å². The molecule has 1 aromatic heterocycles. The number of rotatable bonds is 9. The predicted molar refractivity (Wildman–Crippen MR) is 247 cm³/mol. The Labute approximate surface area is 345 Å². The second kappa shape index (κ2) is 15.9. The minimum atomic E-state index is 0.854. The first-order chi connectivity index (χ1) is 29.2. The van der Waals surface area contributed by atoms with Crippen molar-refractivity contribution >= 4 is 28.1 Å². The molecule has 0 amide bonds. The van der Waals surface area contributed by atoms with Crippen LogP contribution in [0.15, 0.2) is 237 Å². The van der Waals surface area contributed by atoms with Gasteiger partial charge in [0.1, 0.15) is 0 Å². The van der Waals surface area contributed by atoms with E-state index >= 15 is 0 Å². The molecular weight excluding hydrogens is 715 g/mol. The molecule has 0 aliphatic rings. The second-order valence-corrected chi connectivity index (χ2v) is 14.7. The van der Waals surface area contributed by atoms with Gasteiger partial charge >= 0.3 is 0 Å². The van der Waals surface area contributed by atoms with E-state index in [1.807, 2.05) is 30.3 Å². The molecule has 0 aliphatic carbocycles. The number of benzene rings is 9. The van der Waals surface area contributed by atoms with Crippen LogP contribution in [-0.2, 0) is 0 Å². The summed E-state index contributed by atoms with van der Waals surface area (Å²) >= 11 is 0. The molecule has 0 saturated carbocycles. The van der Waals surface area contributed by atoms with Gasteiger partial charge in [0, 0.05) is 28.2 Å². The summed E-state index contributed by atoms with van der Waals surface area (Å²) in [5.74, 6) is 0. The zero-order valence-corrected chi connectivity index (χ0v) is 32.4. The first-order valence-corrected chi connectivity index (χ1v) is 20.0. The van der Waals surface area contributed by atoms with Gasteiger partial charge in [-0.05, 0) is 105 Å². The fraction of sp³-hybridized carbons (Fsp3) is 0. The Morgan fingerprint density at radius 1 is 0.220 bits per heavy atom. The van der Waals surface area contributed by atoms with Crippen molar-refractivity contribution in [3.05, 3.63) is 237 Å².